The Morgan fingerprint density at radius 3 is 2.57 bits per heavy atom. The maximum atomic E-state index is 13.6. The number of hydrogen-bond acceptors (Lipinski definition) is 3. The van der Waals surface area contributed by atoms with Crippen LogP contribution in [0.1, 0.15) is 36.4 Å². The molecule has 1 atom stereocenters. The van der Waals surface area contributed by atoms with Crippen LogP contribution in [0.25, 0.3) is 0 Å². The van der Waals surface area contributed by atoms with E-state index < -0.39 is 0 Å². The Morgan fingerprint density at radius 1 is 1.24 bits per heavy atom. The van der Waals surface area contributed by atoms with Crippen molar-refractivity contribution in [2.75, 3.05) is 32.7 Å². The van der Waals surface area contributed by atoms with Crippen LogP contribution in [0.2, 0.25) is 0 Å². The highest BCUT2D eigenvalue weighted by Crippen LogP contribution is 2.27. The summed E-state index contributed by atoms with van der Waals surface area (Å²) in [6, 6.07) is 6.17. The Kier molecular flexibility index (Phi) is 4.57. The average molecular weight is 291 g/mol. The van der Waals surface area contributed by atoms with Gasteiger partial charge in [0.2, 0.25) is 0 Å². The lowest BCUT2D eigenvalue weighted by Gasteiger charge is -2.35. The van der Waals surface area contributed by atoms with Gasteiger partial charge in [0.05, 0.1) is 0 Å². The van der Waals surface area contributed by atoms with Crippen LogP contribution in [0.3, 0.4) is 0 Å². The smallest absolute Gasteiger partial charge is 0.126 e. The van der Waals surface area contributed by atoms with Crippen molar-refractivity contribution in [3.05, 3.63) is 35.1 Å². The molecule has 1 aliphatic carbocycles. The van der Waals surface area contributed by atoms with Gasteiger partial charge < -0.3 is 10.6 Å². The summed E-state index contributed by atoms with van der Waals surface area (Å²) < 4.78 is 13.6. The molecule has 2 fully saturated rings. The number of halogens is 1. The van der Waals surface area contributed by atoms with E-state index >= 15 is 0 Å². The minimum Gasteiger partial charge on any atom is -0.324 e. The molecule has 1 saturated heterocycles. The molecule has 0 bridgehead atoms. The van der Waals surface area contributed by atoms with Crippen molar-refractivity contribution < 1.29 is 4.39 Å². The fourth-order valence-electron chi connectivity index (χ4n) is 3.12. The number of nitrogens with two attached hydrogens (primary N) is 1. The van der Waals surface area contributed by atoms with Gasteiger partial charge in [-0.25, -0.2) is 4.39 Å². The van der Waals surface area contributed by atoms with Gasteiger partial charge in [-0.2, -0.15) is 0 Å². The molecule has 3 nitrogen and oxygen atoms in total. The standard InChI is InChI=1S/C17H26FN3/c1-13-2-3-14(12-16(13)18)17(19)6-7-20-8-10-21(11-9-20)15-4-5-15/h2-3,12,15,17H,4-11,19H2,1H3. The van der Waals surface area contributed by atoms with Crippen LogP contribution in [-0.4, -0.2) is 48.6 Å². The fraction of sp³-hybridized carbons (Fsp3) is 0.647. The van der Waals surface area contributed by atoms with Crippen molar-refractivity contribution in [1.29, 1.82) is 0 Å². The second-order valence-corrected chi connectivity index (χ2v) is 6.51. The van der Waals surface area contributed by atoms with Gasteiger partial charge in [0.15, 0.2) is 0 Å². The summed E-state index contributed by atoms with van der Waals surface area (Å²) in [6.45, 7) is 7.47. The Balaban J connectivity index is 1.45. The molecular weight excluding hydrogens is 265 g/mol. The predicted octanol–water partition coefficient (Wildman–Crippen LogP) is 2.30. The zero-order chi connectivity index (χ0) is 14.8. The molecule has 2 aliphatic rings. The topological polar surface area (TPSA) is 32.5 Å². The zero-order valence-electron chi connectivity index (χ0n) is 12.9. The van der Waals surface area contributed by atoms with E-state index in [0.717, 1.165) is 37.7 Å². The molecule has 3 rings (SSSR count). The molecule has 116 valence electrons. The monoisotopic (exact) mass is 291 g/mol. The maximum absolute atomic E-state index is 13.6. The Morgan fingerprint density at radius 2 is 1.95 bits per heavy atom. The first-order valence-corrected chi connectivity index (χ1v) is 8.11. The van der Waals surface area contributed by atoms with Crippen LogP contribution >= 0.6 is 0 Å². The second-order valence-electron chi connectivity index (χ2n) is 6.51. The van der Waals surface area contributed by atoms with Gasteiger partial charge in [-0.05, 0) is 43.4 Å². The number of rotatable bonds is 5. The molecule has 0 aromatic heterocycles. The zero-order valence-corrected chi connectivity index (χ0v) is 12.9. The van der Waals surface area contributed by atoms with Crippen LogP contribution in [0.5, 0.6) is 0 Å². The molecule has 0 amide bonds. The minimum absolute atomic E-state index is 0.0680. The molecule has 1 saturated carbocycles. The lowest BCUT2D eigenvalue weighted by Crippen LogP contribution is -2.47. The van der Waals surface area contributed by atoms with Crippen LogP contribution < -0.4 is 5.73 Å². The van der Waals surface area contributed by atoms with Gasteiger partial charge in [0.1, 0.15) is 5.82 Å². The van der Waals surface area contributed by atoms with Gasteiger partial charge in [-0.15, -0.1) is 0 Å². The van der Waals surface area contributed by atoms with Crippen molar-refractivity contribution in [1.82, 2.24) is 9.80 Å². The van der Waals surface area contributed by atoms with E-state index in [9.17, 15) is 4.39 Å². The van der Waals surface area contributed by atoms with E-state index in [1.54, 1.807) is 13.0 Å². The fourth-order valence-corrected chi connectivity index (χ4v) is 3.12. The molecule has 2 N–H and O–H groups in total. The lowest BCUT2D eigenvalue weighted by atomic mass is 10.0. The Bertz CT molecular complexity index is 479. The third kappa shape index (κ3) is 3.82. The SMILES string of the molecule is Cc1ccc(C(N)CCN2CCN(C3CC3)CC2)cc1F. The molecule has 1 heterocycles. The summed E-state index contributed by atoms with van der Waals surface area (Å²) in [7, 11) is 0. The quantitative estimate of drug-likeness (QED) is 0.903. The largest absolute Gasteiger partial charge is 0.324 e. The molecule has 0 radical (unpaired) electrons. The van der Waals surface area contributed by atoms with E-state index in [4.69, 9.17) is 5.73 Å². The second kappa shape index (κ2) is 6.42. The molecule has 1 aromatic rings. The highest BCUT2D eigenvalue weighted by Gasteiger charge is 2.31. The maximum Gasteiger partial charge on any atom is 0.126 e. The molecule has 1 aliphatic heterocycles. The molecule has 21 heavy (non-hydrogen) atoms. The normalized spacial score (nSPS) is 22.4. The minimum atomic E-state index is -0.152. The van der Waals surface area contributed by atoms with Gasteiger partial charge in [0.25, 0.3) is 0 Å². The van der Waals surface area contributed by atoms with Gasteiger partial charge in [-0.3, -0.25) is 4.90 Å². The van der Waals surface area contributed by atoms with Crippen molar-refractivity contribution in [2.24, 2.45) is 5.73 Å². The van der Waals surface area contributed by atoms with Crippen molar-refractivity contribution in [3.8, 4) is 0 Å². The molecule has 1 unspecified atom stereocenters. The highest BCUT2D eigenvalue weighted by molar-refractivity contribution is 5.25. The van der Waals surface area contributed by atoms with Crippen LogP contribution in [0.4, 0.5) is 4.39 Å². The van der Waals surface area contributed by atoms with E-state index in [2.05, 4.69) is 9.80 Å². The molecule has 0 spiro atoms. The molecular formula is C17H26FN3. The third-order valence-electron chi connectivity index (χ3n) is 4.85. The summed E-state index contributed by atoms with van der Waals surface area (Å²) in [5.41, 5.74) is 7.81. The summed E-state index contributed by atoms with van der Waals surface area (Å²) in [4.78, 5) is 5.11. The number of benzene rings is 1. The number of hydrogen-bond donors (Lipinski definition) is 1. The molecule has 4 heteroatoms. The van der Waals surface area contributed by atoms with Crippen LogP contribution in [-0.2, 0) is 0 Å². The Hall–Kier alpha value is -0.970. The first kappa shape index (κ1) is 14.9. The third-order valence-corrected chi connectivity index (χ3v) is 4.85. The van der Waals surface area contributed by atoms with Gasteiger partial charge in [0, 0.05) is 44.8 Å². The van der Waals surface area contributed by atoms with Gasteiger partial charge >= 0.3 is 0 Å². The predicted molar refractivity (Wildman–Crippen MR) is 83.7 cm³/mol. The van der Waals surface area contributed by atoms with E-state index in [1.807, 2.05) is 12.1 Å². The van der Waals surface area contributed by atoms with E-state index in [-0.39, 0.29) is 11.9 Å². The average Bonchev–Trinajstić information content (AvgIpc) is 3.33. The van der Waals surface area contributed by atoms with E-state index in [0.29, 0.717) is 5.56 Å². The van der Waals surface area contributed by atoms with Crippen LogP contribution in [0, 0.1) is 12.7 Å². The van der Waals surface area contributed by atoms with Crippen molar-refractivity contribution in [3.63, 3.8) is 0 Å². The van der Waals surface area contributed by atoms with Crippen molar-refractivity contribution >= 4 is 0 Å². The summed E-state index contributed by atoms with van der Waals surface area (Å²) in [5, 5.41) is 0. The summed E-state index contributed by atoms with van der Waals surface area (Å²) in [5.74, 6) is -0.152. The summed E-state index contributed by atoms with van der Waals surface area (Å²) in [6.07, 6.45) is 3.68. The van der Waals surface area contributed by atoms with Crippen LogP contribution in [0.15, 0.2) is 18.2 Å². The van der Waals surface area contributed by atoms with Crippen molar-refractivity contribution in [2.45, 2.75) is 38.3 Å². The molecule has 1 aromatic carbocycles. The lowest BCUT2D eigenvalue weighted by molar-refractivity contribution is 0.124. The first-order valence-electron chi connectivity index (χ1n) is 8.11. The van der Waals surface area contributed by atoms with E-state index in [1.165, 1.54) is 25.9 Å². The number of nitrogens with zero attached hydrogens (tertiary/aromatic N) is 2. The number of piperazine rings is 1. The van der Waals surface area contributed by atoms with Gasteiger partial charge in [-0.1, -0.05) is 12.1 Å². The first-order chi connectivity index (χ1) is 10.1. The summed E-state index contributed by atoms with van der Waals surface area (Å²) >= 11 is 0. The Labute approximate surface area is 126 Å². The highest BCUT2D eigenvalue weighted by atomic mass is 19.1. The number of aryl methyl sites for hydroxylation is 1.